The van der Waals surface area contributed by atoms with E-state index in [1.54, 1.807) is 12.1 Å². The molecule has 1 N–H and O–H groups in total. The minimum absolute atomic E-state index is 0.0930. The Hall–Kier alpha value is -0.610. The second kappa shape index (κ2) is 5.41. The molecule has 1 atom stereocenters. The van der Waals surface area contributed by atoms with E-state index in [0.29, 0.717) is 6.04 Å². The smallest absolute Gasteiger partial charge is 0.125 e. The van der Waals surface area contributed by atoms with Gasteiger partial charge >= 0.3 is 0 Å². The van der Waals surface area contributed by atoms with Crippen molar-refractivity contribution in [2.24, 2.45) is 0 Å². The molecular formula is C15H19BrFNO. The largest absolute Gasteiger partial charge is 0.381 e. The van der Waals surface area contributed by atoms with Gasteiger partial charge in [-0.3, -0.25) is 0 Å². The monoisotopic (exact) mass is 327 g/mol. The molecule has 19 heavy (non-hydrogen) atoms. The van der Waals surface area contributed by atoms with E-state index in [1.165, 1.54) is 31.7 Å². The van der Waals surface area contributed by atoms with Gasteiger partial charge in [-0.25, -0.2) is 4.39 Å². The number of nitrogens with one attached hydrogen (secondary N) is 1. The van der Waals surface area contributed by atoms with Crippen molar-refractivity contribution < 1.29 is 9.13 Å². The molecule has 0 radical (unpaired) electrons. The average Bonchev–Trinajstić information content (AvgIpc) is 2.82. The second-order valence-electron chi connectivity index (χ2n) is 5.70. The van der Waals surface area contributed by atoms with Crippen LogP contribution in [0.25, 0.3) is 0 Å². The first-order valence-corrected chi connectivity index (χ1v) is 7.82. The summed E-state index contributed by atoms with van der Waals surface area (Å²) >= 11 is 3.47. The first-order chi connectivity index (χ1) is 9.17. The van der Waals surface area contributed by atoms with Crippen molar-refractivity contribution in [3.63, 3.8) is 0 Å². The molecule has 0 aromatic heterocycles. The van der Waals surface area contributed by atoms with Crippen LogP contribution in [0.1, 0.15) is 38.5 Å². The molecule has 0 bridgehead atoms. The number of benzene rings is 1. The fourth-order valence-corrected chi connectivity index (χ4v) is 3.71. The van der Waals surface area contributed by atoms with E-state index in [2.05, 4.69) is 21.2 Å². The summed E-state index contributed by atoms with van der Waals surface area (Å²) in [6, 6.07) is 5.16. The highest BCUT2D eigenvalue weighted by molar-refractivity contribution is 9.10. The molecular weight excluding hydrogens is 309 g/mol. The van der Waals surface area contributed by atoms with Gasteiger partial charge in [-0.2, -0.15) is 0 Å². The summed E-state index contributed by atoms with van der Waals surface area (Å²) in [5.41, 5.74) is 0.940. The molecule has 1 unspecified atom stereocenters. The SMILES string of the molecule is Fc1ccc(Br)c(NC2CCOC3(CCCC3)C2)c1. The van der Waals surface area contributed by atoms with E-state index in [4.69, 9.17) is 4.74 Å². The summed E-state index contributed by atoms with van der Waals surface area (Å²) in [6.45, 7) is 0.810. The third-order valence-corrected chi connectivity index (χ3v) is 4.99. The first-order valence-electron chi connectivity index (χ1n) is 7.02. The topological polar surface area (TPSA) is 21.3 Å². The minimum Gasteiger partial charge on any atom is -0.381 e. The average molecular weight is 328 g/mol. The lowest BCUT2D eigenvalue weighted by Gasteiger charge is -2.39. The van der Waals surface area contributed by atoms with Gasteiger partial charge < -0.3 is 10.1 Å². The van der Waals surface area contributed by atoms with Crippen LogP contribution in [0.15, 0.2) is 22.7 Å². The van der Waals surface area contributed by atoms with Crippen LogP contribution in [0.4, 0.5) is 10.1 Å². The van der Waals surface area contributed by atoms with E-state index >= 15 is 0 Å². The number of rotatable bonds is 2. The first kappa shape index (κ1) is 13.4. The van der Waals surface area contributed by atoms with Gasteiger partial charge in [0.15, 0.2) is 0 Å². The summed E-state index contributed by atoms with van der Waals surface area (Å²) in [7, 11) is 0. The van der Waals surface area contributed by atoms with Crippen molar-refractivity contribution in [3.8, 4) is 0 Å². The molecule has 1 aliphatic carbocycles. The summed E-state index contributed by atoms with van der Waals surface area (Å²) in [5.74, 6) is -0.201. The Bertz CT molecular complexity index is 459. The van der Waals surface area contributed by atoms with Crippen LogP contribution in [0.3, 0.4) is 0 Å². The van der Waals surface area contributed by atoms with E-state index < -0.39 is 0 Å². The van der Waals surface area contributed by atoms with Crippen molar-refractivity contribution >= 4 is 21.6 Å². The third-order valence-electron chi connectivity index (χ3n) is 4.30. The van der Waals surface area contributed by atoms with Gasteiger partial charge in [-0.05, 0) is 59.8 Å². The number of hydrogen-bond acceptors (Lipinski definition) is 2. The lowest BCUT2D eigenvalue weighted by Crippen LogP contribution is -2.42. The summed E-state index contributed by atoms with van der Waals surface area (Å²) < 4.78 is 20.3. The Balaban J connectivity index is 1.70. The predicted molar refractivity (Wildman–Crippen MR) is 77.9 cm³/mol. The Morgan fingerprint density at radius 1 is 1.32 bits per heavy atom. The fourth-order valence-electron chi connectivity index (χ4n) is 3.35. The lowest BCUT2D eigenvalue weighted by molar-refractivity contribution is -0.0767. The normalized spacial score (nSPS) is 25.7. The van der Waals surface area contributed by atoms with Crippen LogP contribution in [-0.4, -0.2) is 18.2 Å². The zero-order valence-corrected chi connectivity index (χ0v) is 12.5. The lowest BCUT2D eigenvalue weighted by atomic mass is 9.89. The summed E-state index contributed by atoms with van der Waals surface area (Å²) in [6.07, 6.45) is 6.93. The standard InChI is InChI=1S/C15H19BrFNO/c16-13-4-3-11(17)9-14(13)18-12-5-8-19-15(10-12)6-1-2-7-15/h3-4,9,12,18H,1-2,5-8,10H2. The summed E-state index contributed by atoms with van der Waals surface area (Å²) in [5, 5.41) is 3.47. The van der Waals surface area contributed by atoms with Crippen molar-refractivity contribution in [2.75, 3.05) is 11.9 Å². The Kier molecular flexibility index (Phi) is 3.81. The molecule has 2 aliphatic rings. The van der Waals surface area contributed by atoms with Crippen LogP contribution in [0.5, 0.6) is 0 Å². The molecule has 2 nitrogen and oxygen atoms in total. The Morgan fingerprint density at radius 2 is 2.11 bits per heavy atom. The predicted octanol–water partition coefficient (Wildman–Crippen LogP) is 4.49. The molecule has 1 heterocycles. The van der Waals surface area contributed by atoms with Crippen LogP contribution in [0, 0.1) is 5.82 Å². The van der Waals surface area contributed by atoms with Gasteiger partial charge in [0.2, 0.25) is 0 Å². The maximum atomic E-state index is 13.3. The quantitative estimate of drug-likeness (QED) is 0.863. The maximum Gasteiger partial charge on any atom is 0.125 e. The van der Waals surface area contributed by atoms with Gasteiger partial charge in [0, 0.05) is 17.1 Å². The maximum absolute atomic E-state index is 13.3. The van der Waals surface area contributed by atoms with E-state index in [0.717, 1.165) is 29.6 Å². The zero-order chi connectivity index (χ0) is 13.3. The van der Waals surface area contributed by atoms with Crippen LogP contribution >= 0.6 is 15.9 Å². The number of anilines is 1. The fraction of sp³-hybridized carbons (Fsp3) is 0.600. The number of hydrogen-bond donors (Lipinski definition) is 1. The molecule has 1 saturated carbocycles. The van der Waals surface area contributed by atoms with Crippen LogP contribution in [-0.2, 0) is 4.74 Å². The van der Waals surface area contributed by atoms with Gasteiger partial charge in [-0.15, -0.1) is 0 Å². The number of ether oxygens (including phenoxy) is 1. The van der Waals surface area contributed by atoms with Gasteiger partial charge in [0.25, 0.3) is 0 Å². The molecule has 104 valence electrons. The zero-order valence-electron chi connectivity index (χ0n) is 10.9. The van der Waals surface area contributed by atoms with Crippen molar-refractivity contribution in [1.82, 2.24) is 0 Å². The van der Waals surface area contributed by atoms with Crippen molar-refractivity contribution in [2.45, 2.75) is 50.2 Å². The highest BCUT2D eigenvalue weighted by Gasteiger charge is 2.39. The van der Waals surface area contributed by atoms with E-state index in [1.807, 2.05) is 0 Å². The van der Waals surface area contributed by atoms with E-state index in [9.17, 15) is 4.39 Å². The molecule has 1 saturated heterocycles. The Morgan fingerprint density at radius 3 is 2.89 bits per heavy atom. The number of halogens is 2. The van der Waals surface area contributed by atoms with Crippen LogP contribution < -0.4 is 5.32 Å². The molecule has 0 amide bonds. The van der Waals surface area contributed by atoms with E-state index in [-0.39, 0.29) is 11.4 Å². The second-order valence-corrected chi connectivity index (χ2v) is 6.55. The molecule has 1 aromatic rings. The highest BCUT2D eigenvalue weighted by Crippen LogP contribution is 2.41. The van der Waals surface area contributed by atoms with Crippen molar-refractivity contribution in [1.29, 1.82) is 0 Å². The van der Waals surface area contributed by atoms with Gasteiger partial charge in [0.1, 0.15) is 5.82 Å². The van der Waals surface area contributed by atoms with Crippen LogP contribution in [0.2, 0.25) is 0 Å². The molecule has 4 heteroatoms. The van der Waals surface area contributed by atoms with Gasteiger partial charge in [0.05, 0.1) is 11.3 Å². The molecule has 1 spiro atoms. The molecule has 2 fully saturated rings. The Labute approximate surface area is 121 Å². The molecule has 3 rings (SSSR count). The minimum atomic E-state index is -0.201. The highest BCUT2D eigenvalue weighted by atomic mass is 79.9. The van der Waals surface area contributed by atoms with Crippen molar-refractivity contribution in [3.05, 3.63) is 28.5 Å². The molecule has 1 aliphatic heterocycles. The van der Waals surface area contributed by atoms with Gasteiger partial charge in [-0.1, -0.05) is 12.8 Å². The third kappa shape index (κ3) is 2.95. The summed E-state index contributed by atoms with van der Waals surface area (Å²) in [4.78, 5) is 0. The molecule has 1 aromatic carbocycles.